The second kappa shape index (κ2) is 14.8. The van der Waals surface area contributed by atoms with Crippen LogP contribution < -0.4 is 10.1 Å². The lowest BCUT2D eigenvalue weighted by molar-refractivity contribution is -0.141. The lowest BCUT2D eigenvalue weighted by Crippen LogP contribution is -2.51. The fraction of sp³-hybridized carbons (Fsp3) is 0.355. The van der Waals surface area contributed by atoms with Gasteiger partial charge in [0, 0.05) is 36.0 Å². The molecule has 3 aromatic carbocycles. The number of amides is 2. The highest BCUT2D eigenvalue weighted by molar-refractivity contribution is 6.35. The number of hydrogen-bond donors (Lipinski definition) is 1. The quantitative estimate of drug-likeness (QED) is 0.234. The summed E-state index contributed by atoms with van der Waals surface area (Å²) in [6, 6.07) is 22.0. The molecule has 7 heteroatoms. The number of nitrogens with one attached hydrogen (secondary N) is 1. The highest BCUT2D eigenvalue weighted by Crippen LogP contribution is 2.25. The first-order chi connectivity index (χ1) is 18.2. The van der Waals surface area contributed by atoms with Gasteiger partial charge in [0.05, 0.1) is 6.61 Å². The van der Waals surface area contributed by atoms with Crippen molar-refractivity contribution in [3.05, 3.63) is 99.5 Å². The van der Waals surface area contributed by atoms with Crippen LogP contribution in [-0.4, -0.2) is 35.9 Å². The molecule has 38 heavy (non-hydrogen) atoms. The zero-order valence-electron chi connectivity index (χ0n) is 22.3. The van der Waals surface area contributed by atoms with E-state index >= 15 is 0 Å². The van der Waals surface area contributed by atoms with Crippen molar-refractivity contribution in [3.63, 3.8) is 0 Å². The molecule has 2 amide bonds. The van der Waals surface area contributed by atoms with E-state index in [1.807, 2.05) is 75.4 Å². The fourth-order valence-corrected chi connectivity index (χ4v) is 4.47. The second-order valence-corrected chi connectivity index (χ2v) is 10.7. The predicted molar refractivity (Wildman–Crippen MR) is 155 cm³/mol. The lowest BCUT2D eigenvalue weighted by atomic mass is 10.0. The highest BCUT2D eigenvalue weighted by Gasteiger charge is 2.30. The van der Waals surface area contributed by atoms with Crippen LogP contribution in [0.1, 0.15) is 43.4 Å². The minimum Gasteiger partial charge on any atom is -0.494 e. The average Bonchev–Trinajstić information content (AvgIpc) is 2.89. The summed E-state index contributed by atoms with van der Waals surface area (Å²) in [5.74, 6) is 0.731. The number of ether oxygens (including phenoxy) is 1. The molecule has 0 spiro atoms. The molecule has 3 aromatic rings. The first-order valence-corrected chi connectivity index (χ1v) is 13.7. The van der Waals surface area contributed by atoms with E-state index in [0.717, 1.165) is 22.4 Å². The van der Waals surface area contributed by atoms with Gasteiger partial charge in [0.1, 0.15) is 11.8 Å². The monoisotopic (exact) mass is 554 g/mol. The molecule has 3 rings (SSSR count). The number of halogens is 2. The summed E-state index contributed by atoms with van der Waals surface area (Å²) in [5, 5.41) is 4.00. The molecule has 0 aliphatic heterocycles. The fourth-order valence-electron chi connectivity index (χ4n) is 4.00. The second-order valence-electron chi connectivity index (χ2n) is 9.87. The van der Waals surface area contributed by atoms with Gasteiger partial charge in [0.25, 0.3) is 0 Å². The maximum Gasteiger partial charge on any atom is 0.243 e. The normalized spacial score (nSPS) is 11.7. The van der Waals surface area contributed by atoms with Gasteiger partial charge in [-0.25, -0.2) is 0 Å². The third-order valence-corrected chi connectivity index (χ3v) is 6.72. The maximum absolute atomic E-state index is 13.7. The van der Waals surface area contributed by atoms with Crippen LogP contribution >= 0.6 is 23.2 Å². The van der Waals surface area contributed by atoms with E-state index < -0.39 is 6.04 Å². The van der Waals surface area contributed by atoms with E-state index in [0.29, 0.717) is 36.0 Å². The highest BCUT2D eigenvalue weighted by atomic mass is 35.5. The molecule has 1 atom stereocenters. The van der Waals surface area contributed by atoms with Crippen molar-refractivity contribution in [1.29, 1.82) is 0 Å². The Bertz CT molecular complexity index is 1180. The van der Waals surface area contributed by atoms with Crippen LogP contribution in [0.25, 0.3) is 0 Å². The number of benzene rings is 3. The Morgan fingerprint density at radius 1 is 0.974 bits per heavy atom. The Hall–Kier alpha value is -3.02. The number of carbonyl (C=O) groups is 2. The smallest absolute Gasteiger partial charge is 0.243 e. The molecule has 1 unspecified atom stereocenters. The SMILES string of the molecule is Cc1ccc(OCCCC(=O)N(Cc2ccc(Cl)cc2Cl)C(Cc2ccccc2)C(=O)NCC(C)C)cc1. The molecule has 1 N–H and O–H groups in total. The molecule has 0 fully saturated rings. The summed E-state index contributed by atoms with van der Waals surface area (Å²) in [6.45, 7) is 7.22. The van der Waals surface area contributed by atoms with Crippen molar-refractivity contribution in [3.8, 4) is 5.75 Å². The Kier molecular flexibility index (Phi) is 11.5. The number of carbonyl (C=O) groups excluding carboxylic acids is 2. The van der Waals surface area contributed by atoms with Gasteiger partial charge in [-0.05, 0) is 54.7 Å². The van der Waals surface area contributed by atoms with Gasteiger partial charge >= 0.3 is 0 Å². The van der Waals surface area contributed by atoms with Crippen molar-refractivity contribution in [2.45, 2.75) is 52.6 Å². The van der Waals surface area contributed by atoms with Gasteiger partial charge in [-0.2, -0.15) is 0 Å². The van der Waals surface area contributed by atoms with E-state index in [4.69, 9.17) is 27.9 Å². The van der Waals surface area contributed by atoms with Gasteiger partial charge in [-0.1, -0.05) is 91.1 Å². The molecule has 0 heterocycles. The number of nitrogens with zero attached hydrogens (tertiary/aromatic N) is 1. The van der Waals surface area contributed by atoms with Gasteiger partial charge in [0.2, 0.25) is 11.8 Å². The van der Waals surface area contributed by atoms with Gasteiger partial charge in [0.15, 0.2) is 0 Å². The van der Waals surface area contributed by atoms with Crippen LogP contribution in [0, 0.1) is 12.8 Å². The van der Waals surface area contributed by atoms with Crippen LogP contribution in [0.4, 0.5) is 0 Å². The molecular weight excluding hydrogens is 519 g/mol. The first-order valence-electron chi connectivity index (χ1n) is 13.0. The van der Waals surface area contributed by atoms with Crippen LogP contribution in [0.15, 0.2) is 72.8 Å². The number of hydrogen-bond acceptors (Lipinski definition) is 3. The van der Waals surface area contributed by atoms with Crippen LogP contribution in [0.2, 0.25) is 10.0 Å². The molecule has 0 saturated heterocycles. The zero-order valence-corrected chi connectivity index (χ0v) is 23.8. The molecule has 202 valence electrons. The molecule has 0 saturated carbocycles. The molecule has 0 aromatic heterocycles. The van der Waals surface area contributed by atoms with E-state index in [-0.39, 0.29) is 30.7 Å². The maximum atomic E-state index is 13.7. The Labute approximate surface area is 236 Å². The summed E-state index contributed by atoms with van der Waals surface area (Å²) in [6.07, 6.45) is 1.14. The van der Waals surface area contributed by atoms with Crippen LogP contribution in [-0.2, 0) is 22.6 Å². The summed E-state index contributed by atoms with van der Waals surface area (Å²) in [7, 11) is 0. The average molecular weight is 556 g/mol. The van der Waals surface area contributed by atoms with Gasteiger partial charge in [-0.3, -0.25) is 9.59 Å². The summed E-state index contributed by atoms with van der Waals surface area (Å²) >= 11 is 12.6. The van der Waals surface area contributed by atoms with Crippen molar-refractivity contribution in [1.82, 2.24) is 10.2 Å². The zero-order chi connectivity index (χ0) is 27.5. The number of aryl methyl sites for hydroxylation is 1. The van der Waals surface area contributed by atoms with Crippen molar-refractivity contribution in [2.24, 2.45) is 5.92 Å². The number of rotatable bonds is 13. The van der Waals surface area contributed by atoms with E-state index in [9.17, 15) is 9.59 Å². The van der Waals surface area contributed by atoms with Crippen molar-refractivity contribution < 1.29 is 14.3 Å². The first kappa shape index (κ1) is 29.5. The minimum absolute atomic E-state index is 0.135. The summed E-state index contributed by atoms with van der Waals surface area (Å²) < 4.78 is 5.82. The summed E-state index contributed by atoms with van der Waals surface area (Å²) in [5.41, 5.74) is 2.86. The molecule has 0 aliphatic carbocycles. The molecule has 0 radical (unpaired) electrons. The summed E-state index contributed by atoms with van der Waals surface area (Å²) in [4.78, 5) is 28.8. The molecule has 5 nitrogen and oxygen atoms in total. The Morgan fingerprint density at radius 2 is 1.68 bits per heavy atom. The minimum atomic E-state index is -0.701. The van der Waals surface area contributed by atoms with E-state index in [2.05, 4.69) is 5.32 Å². The topological polar surface area (TPSA) is 58.6 Å². The van der Waals surface area contributed by atoms with Gasteiger partial charge in [-0.15, -0.1) is 0 Å². The molecular formula is C31H36Cl2N2O3. The third kappa shape index (κ3) is 9.38. The predicted octanol–water partition coefficient (Wildman–Crippen LogP) is 6.87. The largest absolute Gasteiger partial charge is 0.494 e. The van der Waals surface area contributed by atoms with Crippen molar-refractivity contribution >= 4 is 35.0 Å². The Balaban J connectivity index is 1.81. The van der Waals surface area contributed by atoms with Gasteiger partial charge < -0.3 is 15.0 Å². The molecule has 0 aliphatic rings. The van der Waals surface area contributed by atoms with Crippen LogP contribution in [0.3, 0.4) is 0 Å². The van der Waals surface area contributed by atoms with Crippen LogP contribution in [0.5, 0.6) is 5.75 Å². The lowest BCUT2D eigenvalue weighted by Gasteiger charge is -2.32. The standard InChI is InChI=1S/C31H36Cl2N2O3/c1-22(2)20-34-31(37)29(18-24-8-5-4-6-9-24)35(21-25-13-14-26(32)19-28(25)33)30(36)10-7-17-38-27-15-11-23(3)12-16-27/h4-6,8-9,11-16,19,22,29H,7,10,17-18,20-21H2,1-3H3,(H,34,37). The Morgan fingerprint density at radius 3 is 2.34 bits per heavy atom. The van der Waals surface area contributed by atoms with Crippen molar-refractivity contribution in [2.75, 3.05) is 13.2 Å². The molecule has 0 bridgehead atoms. The van der Waals surface area contributed by atoms with E-state index in [1.165, 1.54) is 0 Å². The van der Waals surface area contributed by atoms with E-state index in [1.54, 1.807) is 23.1 Å². The third-order valence-electron chi connectivity index (χ3n) is 6.14.